The number of hydrogen-bond acceptors (Lipinski definition) is 4. The summed E-state index contributed by atoms with van der Waals surface area (Å²) >= 11 is 4.18. The van der Waals surface area contributed by atoms with E-state index in [1.165, 1.54) is 18.1 Å². The molecule has 1 amide bonds. The van der Waals surface area contributed by atoms with E-state index in [9.17, 15) is 17.7 Å². The van der Waals surface area contributed by atoms with Gasteiger partial charge in [-0.2, -0.15) is 0 Å². The van der Waals surface area contributed by atoms with Crippen molar-refractivity contribution < 1.29 is 73.9 Å². The maximum atomic E-state index is 13.4. The zero-order chi connectivity index (χ0) is 25.4. The number of carbonyl (C=O) groups is 1. The predicted molar refractivity (Wildman–Crippen MR) is 139 cm³/mol. The average Bonchev–Trinajstić information content (AvgIpc) is 3.18. The van der Waals surface area contributed by atoms with Crippen LogP contribution in [0.5, 0.6) is 0 Å². The van der Waals surface area contributed by atoms with Gasteiger partial charge >= 0.3 is 64.5 Å². The molecule has 0 bridgehead atoms. The second-order valence-corrected chi connectivity index (χ2v) is 9.98. The Kier molecular flexibility index (Phi) is 9.21. The molecular weight excluding hydrogens is 523 g/mol. The van der Waals surface area contributed by atoms with E-state index in [1.54, 1.807) is 11.0 Å². The fourth-order valence-corrected chi connectivity index (χ4v) is 5.60. The monoisotopic (exact) mass is 550 g/mol. The first-order valence-electron chi connectivity index (χ1n) is 12.1. The minimum Gasteiger partial charge on any atom is -0.448 e. The molecule has 4 nitrogen and oxygen atoms in total. The number of nitrogens with zero attached hydrogens (tertiary/aromatic N) is 2. The zero-order valence-electron chi connectivity index (χ0n) is 21.0. The van der Waals surface area contributed by atoms with Gasteiger partial charge in [0.15, 0.2) is 0 Å². The molecule has 3 aromatic carbocycles. The van der Waals surface area contributed by atoms with Crippen molar-refractivity contribution in [2.24, 2.45) is 0 Å². The quantitative estimate of drug-likeness (QED) is 0.392. The van der Waals surface area contributed by atoms with E-state index in [0.29, 0.717) is 43.2 Å². The van der Waals surface area contributed by atoms with Crippen LogP contribution in [0.15, 0.2) is 65.6 Å². The van der Waals surface area contributed by atoms with Crippen LogP contribution < -0.4 is 56.8 Å². The summed E-state index contributed by atoms with van der Waals surface area (Å²) in [5, 5.41) is 0. The Bertz CT molecular complexity index is 1250. The Labute approximate surface area is 263 Å². The summed E-state index contributed by atoms with van der Waals surface area (Å²) in [4.78, 5) is 16.9. The van der Waals surface area contributed by atoms with Crippen molar-refractivity contribution in [3.63, 3.8) is 0 Å². The first-order chi connectivity index (χ1) is 17.2. The molecule has 10 heteroatoms. The van der Waals surface area contributed by atoms with Crippen molar-refractivity contribution in [3.05, 3.63) is 82.9 Å². The molecule has 1 heterocycles. The molecule has 1 aliphatic carbocycles. The Balaban J connectivity index is 0.00000320. The smallest absolute Gasteiger partial charge is 0.448 e. The molecule has 188 valence electrons. The van der Waals surface area contributed by atoms with E-state index < -0.39 is 12.4 Å². The number of carbonyl (C=O) groups excluding carboxylic acids is 1. The van der Waals surface area contributed by atoms with Crippen LogP contribution in [0, 0.1) is 6.92 Å². The van der Waals surface area contributed by atoms with Crippen LogP contribution in [0.4, 0.5) is 17.7 Å². The third-order valence-corrected chi connectivity index (χ3v) is 7.51. The van der Waals surface area contributed by atoms with Crippen molar-refractivity contribution in [1.29, 1.82) is 0 Å². The molecule has 1 fully saturated rings. The van der Waals surface area contributed by atoms with E-state index in [4.69, 9.17) is 4.74 Å². The number of hydrogen-bond donors (Lipinski definition) is 1. The van der Waals surface area contributed by atoms with Crippen molar-refractivity contribution in [1.82, 2.24) is 9.80 Å². The van der Waals surface area contributed by atoms with Crippen molar-refractivity contribution in [3.8, 4) is 11.1 Å². The van der Waals surface area contributed by atoms with Gasteiger partial charge in [0.2, 0.25) is 0 Å². The van der Waals surface area contributed by atoms with Crippen LogP contribution in [0.2, 0.25) is 0 Å². The molecule has 2 aliphatic rings. The molecule has 0 saturated carbocycles. The van der Waals surface area contributed by atoms with Gasteiger partial charge in [-0.1, -0.05) is 60.2 Å². The normalized spacial score (nSPS) is 15.6. The molecule has 0 radical (unpaired) electrons. The Morgan fingerprint density at radius 3 is 2.11 bits per heavy atom. The second-order valence-electron chi connectivity index (χ2n) is 9.46. The standard InChI is InChI=1S/C27H27BF3N2O2S.K/c1-18-19(14-20(36)15-26(18)28(29,30)31)16-32-10-12-33(13-11-32)27(34)35-17-25-23-8-4-2-6-21(23)22-7-3-5-9-24(22)25;/h2-9,14-15,25,36H,10-13,16-17H2,1H3;/q-1;+1. The summed E-state index contributed by atoms with van der Waals surface area (Å²) < 4.78 is 46.1. The number of benzene rings is 3. The number of ether oxygens (including phenoxy) is 1. The van der Waals surface area contributed by atoms with E-state index in [-0.39, 0.29) is 75.6 Å². The number of amides is 1. The van der Waals surface area contributed by atoms with Crippen molar-refractivity contribution >= 4 is 31.2 Å². The van der Waals surface area contributed by atoms with Gasteiger partial charge in [-0.05, 0) is 40.8 Å². The first kappa shape index (κ1) is 28.7. The maximum Gasteiger partial charge on any atom is 1.00 e. The summed E-state index contributed by atoms with van der Waals surface area (Å²) in [6.07, 6.45) is -0.355. The van der Waals surface area contributed by atoms with Gasteiger partial charge in [0.1, 0.15) is 6.61 Å². The van der Waals surface area contributed by atoms with E-state index in [1.807, 2.05) is 24.3 Å². The van der Waals surface area contributed by atoms with Gasteiger partial charge in [-0.15, -0.1) is 18.1 Å². The fourth-order valence-electron chi connectivity index (χ4n) is 5.30. The molecule has 0 N–H and O–H groups in total. The van der Waals surface area contributed by atoms with E-state index >= 15 is 0 Å². The molecule has 1 saturated heterocycles. The second kappa shape index (κ2) is 11.9. The molecule has 1 aliphatic heterocycles. The zero-order valence-corrected chi connectivity index (χ0v) is 25.0. The summed E-state index contributed by atoms with van der Waals surface area (Å²) in [6.45, 7) is -0.878. The Morgan fingerprint density at radius 1 is 0.973 bits per heavy atom. The van der Waals surface area contributed by atoms with Crippen molar-refractivity contribution in [2.75, 3.05) is 32.8 Å². The fraction of sp³-hybridized carbons (Fsp3) is 0.296. The predicted octanol–water partition coefficient (Wildman–Crippen LogP) is 2.41. The largest absolute Gasteiger partial charge is 1.00 e. The summed E-state index contributed by atoms with van der Waals surface area (Å²) in [5.74, 6) is 0.00329. The Morgan fingerprint density at radius 2 is 1.54 bits per heavy atom. The van der Waals surface area contributed by atoms with Crippen LogP contribution in [0.25, 0.3) is 11.1 Å². The van der Waals surface area contributed by atoms with Gasteiger partial charge < -0.3 is 22.6 Å². The summed E-state index contributed by atoms with van der Waals surface area (Å²) in [6, 6.07) is 19.2. The molecule has 3 aromatic rings. The molecule has 0 unspecified atom stereocenters. The minimum absolute atomic E-state index is 0. The third kappa shape index (κ3) is 6.16. The topological polar surface area (TPSA) is 32.8 Å². The summed E-state index contributed by atoms with van der Waals surface area (Å²) in [5.41, 5.74) is 4.96. The van der Waals surface area contributed by atoms with Crippen LogP contribution in [-0.4, -0.2) is 55.7 Å². The van der Waals surface area contributed by atoms with Crippen LogP contribution >= 0.6 is 12.6 Å². The Hall–Kier alpha value is -1.27. The van der Waals surface area contributed by atoms with Crippen LogP contribution in [-0.2, 0) is 11.3 Å². The third-order valence-electron chi connectivity index (χ3n) is 7.25. The van der Waals surface area contributed by atoms with Crippen molar-refractivity contribution in [2.45, 2.75) is 24.3 Å². The molecule has 37 heavy (non-hydrogen) atoms. The van der Waals surface area contributed by atoms with Crippen LogP contribution in [0.1, 0.15) is 28.2 Å². The first-order valence-corrected chi connectivity index (χ1v) is 12.5. The molecule has 0 atom stereocenters. The van der Waals surface area contributed by atoms with E-state index in [2.05, 4.69) is 41.8 Å². The average molecular weight is 550 g/mol. The molecule has 5 rings (SSSR count). The van der Waals surface area contributed by atoms with Crippen LogP contribution in [0.3, 0.4) is 0 Å². The van der Waals surface area contributed by atoms with Gasteiger partial charge in [-0.25, -0.2) is 4.79 Å². The number of halogens is 3. The molecular formula is C27H27BF3KN2O2S. The summed E-state index contributed by atoms with van der Waals surface area (Å²) in [7, 11) is 0. The SMILES string of the molecule is Cc1c(CN2CCN(C(=O)OCC3c4ccccc4-c4ccccc43)CC2)cc(S)cc1[B-](F)(F)F.[K+]. The number of thiol groups is 1. The van der Waals surface area contributed by atoms with Gasteiger partial charge in [0.25, 0.3) is 0 Å². The number of piperazine rings is 1. The minimum atomic E-state index is -5.10. The van der Waals surface area contributed by atoms with Gasteiger partial charge in [0.05, 0.1) is 0 Å². The molecule has 0 aromatic heterocycles. The number of fused-ring (bicyclic) bond motifs is 3. The maximum absolute atomic E-state index is 13.4. The number of rotatable bonds is 5. The van der Waals surface area contributed by atoms with E-state index in [0.717, 1.165) is 17.2 Å². The van der Waals surface area contributed by atoms with Gasteiger partial charge in [0, 0.05) is 43.5 Å². The van der Waals surface area contributed by atoms with Gasteiger partial charge in [-0.3, -0.25) is 4.90 Å². The molecule has 0 spiro atoms.